The van der Waals surface area contributed by atoms with E-state index in [1.165, 1.54) is 0 Å². The van der Waals surface area contributed by atoms with Crippen molar-refractivity contribution in [3.63, 3.8) is 0 Å². The number of β-amino-alcohol motifs (C(OH)–C–C–N with tert-alkyl or cyclic N) is 1. The second-order valence-corrected chi connectivity index (χ2v) is 7.15. The van der Waals surface area contributed by atoms with E-state index in [0.29, 0.717) is 19.5 Å². The topological polar surface area (TPSA) is 98.2 Å². The van der Waals surface area contributed by atoms with Crippen molar-refractivity contribution >= 4 is 11.7 Å². The van der Waals surface area contributed by atoms with Crippen LogP contribution in [0.5, 0.6) is 0 Å². The van der Waals surface area contributed by atoms with Gasteiger partial charge in [0.2, 0.25) is 5.91 Å². The summed E-state index contributed by atoms with van der Waals surface area (Å²) in [6.07, 6.45) is 6.76. The second-order valence-electron chi connectivity index (χ2n) is 7.15. The molecular weight excluding hydrogens is 332 g/mol. The lowest BCUT2D eigenvalue weighted by Gasteiger charge is -2.41. The minimum atomic E-state index is -0.958. The number of anilines is 1. The van der Waals surface area contributed by atoms with E-state index in [1.54, 1.807) is 30.5 Å². The summed E-state index contributed by atoms with van der Waals surface area (Å²) in [6.45, 7) is 5.35. The van der Waals surface area contributed by atoms with Crippen molar-refractivity contribution in [2.75, 3.05) is 31.6 Å². The lowest BCUT2D eigenvalue weighted by Crippen LogP contribution is -2.55. The zero-order chi connectivity index (χ0) is 18.7. The first-order chi connectivity index (χ1) is 12.4. The van der Waals surface area contributed by atoms with Crippen molar-refractivity contribution in [1.29, 1.82) is 0 Å². The van der Waals surface area contributed by atoms with E-state index in [4.69, 9.17) is 0 Å². The quantitative estimate of drug-likeness (QED) is 0.822. The van der Waals surface area contributed by atoms with Gasteiger partial charge in [0.05, 0.1) is 30.5 Å². The number of aryl methyl sites for hydroxylation is 2. The number of aromatic nitrogens is 4. The molecule has 1 aliphatic heterocycles. The number of aliphatic hydroxyl groups is 1. The highest BCUT2D eigenvalue weighted by Crippen LogP contribution is 2.25. The van der Waals surface area contributed by atoms with Crippen LogP contribution in [0.1, 0.15) is 29.8 Å². The van der Waals surface area contributed by atoms with Crippen molar-refractivity contribution < 1.29 is 9.90 Å². The molecule has 2 N–H and O–H groups in total. The fraction of sp³-hybridized carbons (Fsp3) is 0.556. The molecule has 1 unspecified atom stereocenters. The van der Waals surface area contributed by atoms with Crippen LogP contribution in [-0.4, -0.2) is 68.4 Å². The third-order valence-electron chi connectivity index (χ3n) is 4.99. The van der Waals surface area contributed by atoms with Gasteiger partial charge in [-0.25, -0.2) is 4.98 Å². The van der Waals surface area contributed by atoms with Gasteiger partial charge in [-0.15, -0.1) is 0 Å². The van der Waals surface area contributed by atoms with E-state index in [1.807, 2.05) is 18.7 Å². The van der Waals surface area contributed by atoms with E-state index in [9.17, 15) is 9.90 Å². The van der Waals surface area contributed by atoms with E-state index >= 15 is 0 Å². The third kappa shape index (κ3) is 4.01. The highest BCUT2D eigenvalue weighted by molar-refractivity contribution is 5.79. The highest BCUT2D eigenvalue weighted by atomic mass is 16.3. The Kier molecular flexibility index (Phi) is 5.22. The number of likely N-dealkylation sites (N-methyl/N-ethyl adjacent to an activating group) is 1. The van der Waals surface area contributed by atoms with Crippen molar-refractivity contribution in [3.05, 3.63) is 35.5 Å². The van der Waals surface area contributed by atoms with Crippen LogP contribution >= 0.6 is 0 Å². The molecule has 0 bridgehead atoms. The Balaban J connectivity index is 1.64. The van der Waals surface area contributed by atoms with Gasteiger partial charge in [-0.2, -0.15) is 5.10 Å². The minimum Gasteiger partial charge on any atom is -0.386 e. The first-order valence-electron chi connectivity index (χ1n) is 8.86. The number of nitrogens with one attached hydrogen (secondary N) is 1. The van der Waals surface area contributed by atoms with Gasteiger partial charge in [0.1, 0.15) is 5.82 Å². The molecule has 3 heterocycles. The summed E-state index contributed by atoms with van der Waals surface area (Å²) in [5.74, 6) is 0.729. The summed E-state index contributed by atoms with van der Waals surface area (Å²) in [6, 6.07) is 0. The fourth-order valence-electron chi connectivity index (χ4n) is 3.54. The molecule has 1 amide bonds. The van der Waals surface area contributed by atoms with Crippen LogP contribution < -0.4 is 4.90 Å². The molecule has 2 aromatic rings. The number of piperidine rings is 1. The normalized spacial score (nSPS) is 20.2. The number of carbonyl (C=O) groups excluding carboxylic acids is 1. The van der Waals surface area contributed by atoms with Gasteiger partial charge >= 0.3 is 0 Å². The number of hydrogen-bond acceptors (Lipinski definition) is 6. The predicted octanol–water partition coefficient (Wildman–Crippen LogP) is 0.849. The lowest BCUT2D eigenvalue weighted by molar-refractivity contribution is -0.132. The fourth-order valence-corrected chi connectivity index (χ4v) is 3.54. The Morgan fingerprint density at radius 3 is 2.88 bits per heavy atom. The number of hydrogen-bond donors (Lipinski definition) is 2. The average Bonchev–Trinajstić information content (AvgIpc) is 2.94. The third-order valence-corrected chi connectivity index (χ3v) is 4.99. The average molecular weight is 358 g/mol. The van der Waals surface area contributed by atoms with Crippen molar-refractivity contribution in [1.82, 2.24) is 25.1 Å². The molecule has 1 fully saturated rings. The zero-order valence-electron chi connectivity index (χ0n) is 15.6. The van der Waals surface area contributed by atoms with Gasteiger partial charge in [-0.3, -0.25) is 14.9 Å². The number of H-pyrrole nitrogens is 1. The SMILES string of the molecule is Cc1n[nH]c(C)c1CC(=O)N(C)CC1(O)CCCN(c2cnccn2)C1. The van der Waals surface area contributed by atoms with Crippen LogP contribution in [0, 0.1) is 13.8 Å². The molecule has 1 atom stereocenters. The maximum absolute atomic E-state index is 12.6. The Hall–Kier alpha value is -2.48. The van der Waals surface area contributed by atoms with Crippen LogP contribution in [0.25, 0.3) is 0 Å². The van der Waals surface area contributed by atoms with Crippen LogP contribution in [0.2, 0.25) is 0 Å². The Bertz CT molecular complexity index is 743. The molecule has 8 nitrogen and oxygen atoms in total. The molecule has 0 aromatic carbocycles. The molecule has 0 saturated carbocycles. The predicted molar refractivity (Wildman–Crippen MR) is 97.8 cm³/mol. The summed E-state index contributed by atoms with van der Waals surface area (Å²) >= 11 is 0. The molecule has 0 radical (unpaired) electrons. The van der Waals surface area contributed by atoms with Crippen molar-refractivity contribution in [2.24, 2.45) is 0 Å². The van der Waals surface area contributed by atoms with Gasteiger partial charge in [0.25, 0.3) is 0 Å². The molecule has 0 spiro atoms. The maximum atomic E-state index is 12.6. The van der Waals surface area contributed by atoms with E-state index in [2.05, 4.69) is 20.2 Å². The Morgan fingerprint density at radius 1 is 1.42 bits per heavy atom. The van der Waals surface area contributed by atoms with Gasteiger partial charge < -0.3 is 14.9 Å². The smallest absolute Gasteiger partial charge is 0.226 e. The van der Waals surface area contributed by atoms with Crippen molar-refractivity contribution in [2.45, 2.75) is 38.7 Å². The summed E-state index contributed by atoms with van der Waals surface area (Å²) in [5, 5.41) is 18.1. The van der Waals surface area contributed by atoms with Crippen LogP contribution in [0.15, 0.2) is 18.6 Å². The van der Waals surface area contributed by atoms with E-state index in [-0.39, 0.29) is 12.3 Å². The molecule has 140 valence electrons. The van der Waals surface area contributed by atoms with Crippen LogP contribution in [-0.2, 0) is 11.2 Å². The minimum absolute atomic E-state index is 0.0253. The van der Waals surface area contributed by atoms with Crippen molar-refractivity contribution in [3.8, 4) is 0 Å². The number of carbonyl (C=O) groups is 1. The molecule has 26 heavy (non-hydrogen) atoms. The molecule has 1 saturated heterocycles. The van der Waals surface area contributed by atoms with E-state index < -0.39 is 5.60 Å². The van der Waals surface area contributed by atoms with E-state index in [0.717, 1.165) is 35.7 Å². The van der Waals surface area contributed by atoms with Gasteiger partial charge in [0, 0.05) is 43.8 Å². The summed E-state index contributed by atoms with van der Waals surface area (Å²) in [4.78, 5) is 24.7. The van der Waals surface area contributed by atoms with Crippen LogP contribution in [0.4, 0.5) is 5.82 Å². The zero-order valence-corrected chi connectivity index (χ0v) is 15.6. The van der Waals surface area contributed by atoms with Gasteiger partial charge in [0.15, 0.2) is 0 Å². The van der Waals surface area contributed by atoms with Gasteiger partial charge in [-0.05, 0) is 26.7 Å². The molecule has 3 rings (SSSR count). The molecular formula is C18H26N6O2. The summed E-state index contributed by atoms with van der Waals surface area (Å²) in [5.41, 5.74) is 1.73. The number of rotatable bonds is 5. The standard InChI is InChI=1S/C18H26N6O2/c1-13-15(14(2)22-21-13)9-17(25)23(3)11-18(26)5-4-8-24(12-18)16-10-19-6-7-20-16/h6-7,10,26H,4-5,8-9,11-12H2,1-3H3,(H,21,22). The molecule has 2 aromatic heterocycles. The summed E-state index contributed by atoms with van der Waals surface area (Å²) < 4.78 is 0. The molecule has 0 aliphatic carbocycles. The Morgan fingerprint density at radius 2 is 2.23 bits per heavy atom. The number of amides is 1. The maximum Gasteiger partial charge on any atom is 0.226 e. The number of nitrogens with zero attached hydrogens (tertiary/aromatic N) is 5. The highest BCUT2D eigenvalue weighted by Gasteiger charge is 2.36. The first kappa shape index (κ1) is 18.3. The largest absolute Gasteiger partial charge is 0.386 e. The van der Waals surface area contributed by atoms with Crippen LogP contribution in [0.3, 0.4) is 0 Å². The lowest BCUT2D eigenvalue weighted by atomic mass is 9.92. The monoisotopic (exact) mass is 358 g/mol. The molecule has 8 heteroatoms. The number of aromatic amines is 1. The Labute approximate surface area is 153 Å². The molecule has 1 aliphatic rings. The first-order valence-corrected chi connectivity index (χ1v) is 8.86. The van der Waals surface area contributed by atoms with Gasteiger partial charge in [-0.1, -0.05) is 0 Å². The second kappa shape index (κ2) is 7.41. The summed E-state index contributed by atoms with van der Waals surface area (Å²) in [7, 11) is 1.74.